The largest absolute Gasteiger partial charge is 0.449 e. The third-order valence-corrected chi connectivity index (χ3v) is 7.90. The lowest BCUT2D eigenvalue weighted by Gasteiger charge is -2.41. The van der Waals surface area contributed by atoms with Crippen molar-refractivity contribution < 1.29 is 22.8 Å². The Kier molecular flexibility index (Phi) is 7.21. The number of aromatic nitrogens is 3. The first kappa shape index (κ1) is 27.2. The first-order valence-electron chi connectivity index (χ1n) is 13.5. The normalized spacial score (nSPS) is 18.6. The molecule has 0 unspecified atom stereocenters. The molecule has 0 spiro atoms. The number of nitrogens with zero attached hydrogens (tertiary/aromatic N) is 3. The monoisotopic (exact) mass is 544 g/mol. The zero-order valence-electron chi connectivity index (χ0n) is 22.5. The van der Waals surface area contributed by atoms with E-state index in [1.54, 1.807) is 12.3 Å². The van der Waals surface area contributed by atoms with Crippen molar-refractivity contribution in [2.24, 2.45) is 0 Å². The summed E-state index contributed by atoms with van der Waals surface area (Å²) in [6.07, 6.45) is 0.517. The van der Waals surface area contributed by atoms with Gasteiger partial charge in [-0.05, 0) is 43.9 Å². The molecule has 0 saturated carbocycles. The lowest BCUT2D eigenvalue weighted by Crippen LogP contribution is -2.51. The highest BCUT2D eigenvalue weighted by Crippen LogP contribution is 2.30. The van der Waals surface area contributed by atoms with Crippen LogP contribution in [0.1, 0.15) is 78.7 Å². The zero-order valence-corrected chi connectivity index (χ0v) is 22.5. The van der Waals surface area contributed by atoms with Crippen molar-refractivity contribution in [2.75, 3.05) is 26.2 Å². The molecule has 39 heavy (non-hydrogen) atoms. The number of amides is 2. The third kappa shape index (κ3) is 5.83. The Hall–Kier alpha value is -3.34. The number of benzene rings is 1. The van der Waals surface area contributed by atoms with Crippen LogP contribution in [0.5, 0.6) is 0 Å². The van der Waals surface area contributed by atoms with E-state index in [2.05, 4.69) is 45.9 Å². The predicted molar refractivity (Wildman–Crippen MR) is 142 cm³/mol. The van der Waals surface area contributed by atoms with Gasteiger partial charge in [-0.3, -0.25) is 9.59 Å². The molecule has 8 nitrogen and oxygen atoms in total. The standard InChI is InChI=1S/C28H35F3N6O2/c1-27(2,3)22-15-17(16-32-22)25(39)37-13-9-19(10-14-37)36-11-7-18(8-12-36)33-24(38)20-5-4-6-21-23(20)35-26(34-21)28(29,30)31/h4-6,15-16,18-19,32H,7-14H2,1-3H3,(H,33,38)(H,34,35). The Bertz CT molecular complexity index is 1340. The first-order valence-corrected chi connectivity index (χ1v) is 13.5. The number of carbonyl (C=O) groups is 2. The summed E-state index contributed by atoms with van der Waals surface area (Å²) >= 11 is 0. The number of alkyl halides is 3. The lowest BCUT2D eigenvalue weighted by atomic mass is 9.92. The quantitative estimate of drug-likeness (QED) is 0.443. The van der Waals surface area contributed by atoms with Crippen molar-refractivity contribution >= 4 is 22.8 Å². The fourth-order valence-electron chi connectivity index (χ4n) is 5.59. The summed E-state index contributed by atoms with van der Waals surface area (Å²) in [6.45, 7) is 9.40. The number of rotatable bonds is 4. The summed E-state index contributed by atoms with van der Waals surface area (Å²) in [5, 5.41) is 2.99. The van der Waals surface area contributed by atoms with Gasteiger partial charge in [0.15, 0.2) is 0 Å². The highest BCUT2D eigenvalue weighted by Gasteiger charge is 2.36. The summed E-state index contributed by atoms with van der Waals surface area (Å²) in [5.74, 6) is -1.46. The number of fused-ring (bicyclic) bond motifs is 1. The number of H-pyrrole nitrogens is 2. The van der Waals surface area contributed by atoms with E-state index in [9.17, 15) is 22.8 Å². The van der Waals surface area contributed by atoms with E-state index in [4.69, 9.17) is 0 Å². The summed E-state index contributed by atoms with van der Waals surface area (Å²) in [4.78, 5) is 39.4. The number of carbonyl (C=O) groups excluding carboxylic acids is 2. The second-order valence-corrected chi connectivity index (χ2v) is 11.6. The van der Waals surface area contributed by atoms with Gasteiger partial charge in [-0.1, -0.05) is 26.8 Å². The molecule has 2 saturated heterocycles. The van der Waals surface area contributed by atoms with Gasteiger partial charge in [-0.2, -0.15) is 13.2 Å². The van der Waals surface area contributed by atoms with E-state index in [-0.39, 0.29) is 34.0 Å². The van der Waals surface area contributed by atoms with Gasteiger partial charge in [0, 0.05) is 55.6 Å². The smallest absolute Gasteiger partial charge is 0.364 e. The van der Waals surface area contributed by atoms with E-state index in [1.807, 2.05) is 11.0 Å². The summed E-state index contributed by atoms with van der Waals surface area (Å²) < 4.78 is 39.2. The molecule has 2 aromatic heterocycles. The van der Waals surface area contributed by atoms with E-state index in [1.165, 1.54) is 12.1 Å². The molecule has 2 aliphatic heterocycles. The highest BCUT2D eigenvalue weighted by molar-refractivity contribution is 6.05. The van der Waals surface area contributed by atoms with Crippen LogP contribution in [-0.2, 0) is 11.6 Å². The minimum absolute atomic E-state index is 0.0235. The first-order chi connectivity index (χ1) is 18.4. The van der Waals surface area contributed by atoms with Crippen LogP contribution in [0.2, 0.25) is 0 Å². The topological polar surface area (TPSA) is 97.1 Å². The van der Waals surface area contributed by atoms with Gasteiger partial charge < -0.3 is 25.1 Å². The molecule has 2 amide bonds. The molecule has 0 atom stereocenters. The Morgan fingerprint density at radius 2 is 1.72 bits per heavy atom. The van der Waals surface area contributed by atoms with Crippen molar-refractivity contribution in [2.45, 2.75) is 70.1 Å². The second kappa shape index (κ2) is 10.3. The van der Waals surface area contributed by atoms with Crippen LogP contribution in [0.4, 0.5) is 13.2 Å². The van der Waals surface area contributed by atoms with Gasteiger partial charge in [0.2, 0.25) is 5.82 Å². The molecule has 0 aliphatic carbocycles. The Balaban J connectivity index is 1.12. The molecule has 3 aromatic rings. The number of nitrogens with one attached hydrogen (secondary N) is 3. The SMILES string of the molecule is CC(C)(C)c1cc(C(=O)N2CCC(N3CCC(NC(=O)c4cccc5[nH]c(C(F)(F)F)nc45)CC3)CC2)c[nH]1. The number of para-hydroxylation sites is 1. The van der Waals surface area contributed by atoms with Crippen LogP contribution < -0.4 is 5.32 Å². The van der Waals surface area contributed by atoms with Gasteiger partial charge in [0.05, 0.1) is 16.6 Å². The van der Waals surface area contributed by atoms with E-state index in [0.29, 0.717) is 24.7 Å². The third-order valence-electron chi connectivity index (χ3n) is 7.90. The maximum Gasteiger partial charge on any atom is 0.449 e. The molecule has 210 valence electrons. The van der Waals surface area contributed by atoms with Crippen molar-refractivity contribution in [3.05, 3.63) is 53.1 Å². The maximum absolute atomic E-state index is 13.1. The molecular formula is C28H35F3N6O2. The van der Waals surface area contributed by atoms with Crippen LogP contribution in [0, 0.1) is 0 Å². The minimum Gasteiger partial charge on any atom is -0.364 e. The second-order valence-electron chi connectivity index (χ2n) is 11.6. The Labute approximate surface area is 225 Å². The predicted octanol–water partition coefficient (Wildman–Crippen LogP) is 4.71. The summed E-state index contributed by atoms with van der Waals surface area (Å²) in [5.41, 5.74) is 2.05. The summed E-state index contributed by atoms with van der Waals surface area (Å²) in [6, 6.07) is 6.82. The van der Waals surface area contributed by atoms with Crippen molar-refractivity contribution in [3.8, 4) is 0 Å². The average molecular weight is 545 g/mol. The molecule has 3 N–H and O–H groups in total. The number of aromatic amines is 2. The number of hydrogen-bond acceptors (Lipinski definition) is 4. The van der Waals surface area contributed by atoms with E-state index >= 15 is 0 Å². The van der Waals surface area contributed by atoms with Crippen molar-refractivity contribution in [3.63, 3.8) is 0 Å². The molecule has 2 fully saturated rings. The number of hydrogen-bond donors (Lipinski definition) is 3. The zero-order chi connectivity index (χ0) is 27.9. The minimum atomic E-state index is -4.61. The van der Waals surface area contributed by atoms with Gasteiger partial charge in [0.25, 0.3) is 11.8 Å². The molecule has 11 heteroatoms. The Morgan fingerprint density at radius 1 is 1.03 bits per heavy atom. The van der Waals surface area contributed by atoms with Gasteiger partial charge in [-0.25, -0.2) is 4.98 Å². The molecule has 1 aromatic carbocycles. The molecule has 5 rings (SSSR count). The molecule has 0 bridgehead atoms. The van der Waals surface area contributed by atoms with Crippen LogP contribution >= 0.6 is 0 Å². The average Bonchev–Trinajstić information content (AvgIpc) is 3.57. The molecular weight excluding hydrogens is 509 g/mol. The number of piperidine rings is 2. The van der Waals surface area contributed by atoms with E-state index in [0.717, 1.165) is 44.5 Å². The van der Waals surface area contributed by atoms with Crippen molar-refractivity contribution in [1.82, 2.24) is 30.1 Å². The van der Waals surface area contributed by atoms with Crippen LogP contribution in [0.25, 0.3) is 11.0 Å². The van der Waals surface area contributed by atoms with Gasteiger partial charge >= 0.3 is 6.18 Å². The number of halogens is 3. The fraction of sp³-hybridized carbons (Fsp3) is 0.536. The van der Waals surface area contributed by atoms with E-state index < -0.39 is 17.9 Å². The van der Waals surface area contributed by atoms with Crippen LogP contribution in [0.15, 0.2) is 30.5 Å². The van der Waals surface area contributed by atoms with Gasteiger partial charge in [-0.15, -0.1) is 0 Å². The maximum atomic E-state index is 13.1. The highest BCUT2D eigenvalue weighted by atomic mass is 19.4. The van der Waals surface area contributed by atoms with Crippen LogP contribution in [0.3, 0.4) is 0 Å². The van der Waals surface area contributed by atoms with Gasteiger partial charge in [0.1, 0.15) is 5.52 Å². The van der Waals surface area contributed by atoms with Crippen LogP contribution in [-0.4, -0.2) is 74.8 Å². The summed E-state index contributed by atoms with van der Waals surface area (Å²) in [7, 11) is 0. The van der Waals surface area contributed by atoms with Crippen molar-refractivity contribution in [1.29, 1.82) is 0 Å². The Morgan fingerprint density at radius 3 is 2.33 bits per heavy atom. The fourth-order valence-corrected chi connectivity index (χ4v) is 5.59. The molecule has 4 heterocycles. The lowest BCUT2D eigenvalue weighted by molar-refractivity contribution is -0.144. The number of imidazole rings is 1. The number of likely N-dealkylation sites (tertiary alicyclic amines) is 2. The molecule has 0 radical (unpaired) electrons. The molecule has 2 aliphatic rings.